The Morgan fingerprint density at radius 1 is 0.857 bits per heavy atom. The van der Waals surface area contributed by atoms with Gasteiger partial charge in [0.2, 0.25) is 0 Å². The molecule has 0 radical (unpaired) electrons. The van der Waals surface area contributed by atoms with Gasteiger partial charge in [-0.05, 0) is 54.9 Å². The van der Waals surface area contributed by atoms with Crippen molar-refractivity contribution >= 4 is 11.6 Å². The highest BCUT2D eigenvalue weighted by molar-refractivity contribution is 6.20. The van der Waals surface area contributed by atoms with E-state index in [1.54, 1.807) is 24.3 Å². The molecule has 1 fully saturated rings. The topological polar surface area (TPSA) is 0 Å². The van der Waals surface area contributed by atoms with Crippen LogP contribution in [0.1, 0.15) is 37.2 Å². The molecule has 0 N–H and O–H groups in total. The molecule has 1 aliphatic carbocycles. The Balaban J connectivity index is 1.88. The smallest absolute Gasteiger partial charge is 0.131 e. The highest BCUT2D eigenvalue weighted by atomic mass is 35.5. The van der Waals surface area contributed by atoms with E-state index in [4.69, 9.17) is 11.6 Å². The minimum atomic E-state index is -0.327. The molecule has 0 heterocycles. The second kappa shape index (κ2) is 6.15. The van der Waals surface area contributed by atoms with Crippen molar-refractivity contribution in [3.05, 3.63) is 59.7 Å². The van der Waals surface area contributed by atoms with Gasteiger partial charge in [0.25, 0.3) is 0 Å². The highest BCUT2D eigenvalue weighted by Gasteiger charge is 2.23. The van der Waals surface area contributed by atoms with Crippen LogP contribution in [0, 0.1) is 11.6 Å². The SMILES string of the molecule is Fc1ccccc1-c1ccc(C2CCC(Cl)CC2)c(F)c1. The van der Waals surface area contributed by atoms with Crippen LogP contribution in [0.2, 0.25) is 0 Å². The number of alkyl halides is 1. The van der Waals surface area contributed by atoms with E-state index in [0.29, 0.717) is 11.1 Å². The summed E-state index contributed by atoms with van der Waals surface area (Å²) in [6.45, 7) is 0. The van der Waals surface area contributed by atoms with E-state index in [-0.39, 0.29) is 22.9 Å². The fourth-order valence-corrected chi connectivity index (χ4v) is 3.34. The lowest BCUT2D eigenvalue weighted by Crippen LogP contribution is -2.14. The normalized spacial score (nSPS) is 22.2. The van der Waals surface area contributed by atoms with Gasteiger partial charge in [-0.1, -0.05) is 30.3 Å². The van der Waals surface area contributed by atoms with Crippen molar-refractivity contribution in [2.45, 2.75) is 37.0 Å². The second-order valence-corrected chi connectivity index (χ2v) is 6.28. The van der Waals surface area contributed by atoms with E-state index in [9.17, 15) is 8.78 Å². The van der Waals surface area contributed by atoms with Crippen molar-refractivity contribution in [1.82, 2.24) is 0 Å². The third-order valence-electron chi connectivity index (χ3n) is 4.28. The van der Waals surface area contributed by atoms with Crippen molar-refractivity contribution in [2.75, 3.05) is 0 Å². The van der Waals surface area contributed by atoms with Crippen LogP contribution >= 0.6 is 11.6 Å². The van der Waals surface area contributed by atoms with Crippen molar-refractivity contribution in [2.24, 2.45) is 0 Å². The lowest BCUT2D eigenvalue weighted by atomic mass is 9.83. The molecule has 3 heteroatoms. The first-order valence-electron chi connectivity index (χ1n) is 7.33. The van der Waals surface area contributed by atoms with Gasteiger partial charge in [-0.2, -0.15) is 0 Å². The molecule has 0 spiro atoms. The predicted octanol–water partition coefficient (Wildman–Crippen LogP) is 5.90. The maximum absolute atomic E-state index is 14.4. The summed E-state index contributed by atoms with van der Waals surface area (Å²) in [5, 5.41) is 0.224. The maximum Gasteiger partial charge on any atom is 0.131 e. The van der Waals surface area contributed by atoms with Crippen LogP contribution in [0.5, 0.6) is 0 Å². The molecule has 21 heavy (non-hydrogen) atoms. The lowest BCUT2D eigenvalue weighted by molar-refractivity contribution is 0.434. The molecule has 1 saturated carbocycles. The molecular weight excluding hydrogens is 290 g/mol. The van der Waals surface area contributed by atoms with Gasteiger partial charge in [0.05, 0.1) is 0 Å². The lowest BCUT2D eigenvalue weighted by Gasteiger charge is -2.25. The zero-order chi connectivity index (χ0) is 14.8. The molecule has 0 amide bonds. The molecule has 0 aromatic heterocycles. The van der Waals surface area contributed by atoms with E-state index >= 15 is 0 Å². The Morgan fingerprint density at radius 3 is 2.24 bits per heavy atom. The molecule has 0 aliphatic heterocycles. The summed E-state index contributed by atoms with van der Waals surface area (Å²) in [4.78, 5) is 0. The van der Waals surface area contributed by atoms with Gasteiger partial charge in [-0.3, -0.25) is 0 Å². The first-order chi connectivity index (χ1) is 10.1. The summed E-state index contributed by atoms with van der Waals surface area (Å²) in [5.74, 6) is -0.337. The second-order valence-electron chi connectivity index (χ2n) is 5.67. The van der Waals surface area contributed by atoms with Crippen LogP contribution in [-0.4, -0.2) is 5.38 Å². The quantitative estimate of drug-likeness (QED) is 0.606. The van der Waals surface area contributed by atoms with E-state index in [1.807, 2.05) is 6.07 Å². The first kappa shape index (κ1) is 14.5. The average Bonchev–Trinajstić information content (AvgIpc) is 2.49. The highest BCUT2D eigenvalue weighted by Crippen LogP contribution is 2.37. The van der Waals surface area contributed by atoms with Gasteiger partial charge >= 0.3 is 0 Å². The minimum absolute atomic E-state index is 0.224. The van der Waals surface area contributed by atoms with Gasteiger partial charge in [0.15, 0.2) is 0 Å². The summed E-state index contributed by atoms with van der Waals surface area (Å²) >= 11 is 6.10. The Morgan fingerprint density at radius 2 is 1.57 bits per heavy atom. The zero-order valence-electron chi connectivity index (χ0n) is 11.7. The zero-order valence-corrected chi connectivity index (χ0v) is 12.4. The minimum Gasteiger partial charge on any atom is -0.207 e. The average molecular weight is 307 g/mol. The molecule has 0 atom stereocenters. The number of benzene rings is 2. The van der Waals surface area contributed by atoms with Crippen molar-refractivity contribution in [1.29, 1.82) is 0 Å². The van der Waals surface area contributed by atoms with Crippen LogP contribution in [0.3, 0.4) is 0 Å². The standard InChI is InChI=1S/C18H17ClF2/c19-14-8-5-12(6-9-14)16-10-7-13(11-18(16)21)15-3-1-2-4-17(15)20/h1-4,7,10-12,14H,5-6,8-9H2. The molecule has 2 aromatic rings. The molecule has 0 saturated heterocycles. The number of halogens is 3. The molecule has 2 aromatic carbocycles. The van der Waals surface area contributed by atoms with Crippen molar-refractivity contribution in [3.63, 3.8) is 0 Å². The van der Waals surface area contributed by atoms with Crippen LogP contribution in [0.25, 0.3) is 11.1 Å². The third-order valence-corrected chi connectivity index (χ3v) is 4.72. The van der Waals surface area contributed by atoms with Gasteiger partial charge in [0.1, 0.15) is 11.6 Å². The maximum atomic E-state index is 14.4. The van der Waals surface area contributed by atoms with Gasteiger partial charge in [-0.25, -0.2) is 8.78 Å². The fourth-order valence-electron chi connectivity index (χ4n) is 3.08. The van der Waals surface area contributed by atoms with E-state index in [0.717, 1.165) is 31.2 Å². The van der Waals surface area contributed by atoms with E-state index in [2.05, 4.69) is 0 Å². The van der Waals surface area contributed by atoms with E-state index in [1.165, 1.54) is 12.1 Å². The summed E-state index contributed by atoms with van der Waals surface area (Å²) in [5.41, 5.74) is 1.76. The Hall–Kier alpha value is -1.41. The molecule has 0 unspecified atom stereocenters. The van der Waals surface area contributed by atoms with Crippen LogP contribution in [0.4, 0.5) is 8.78 Å². The Kier molecular flexibility index (Phi) is 4.25. The Labute approximate surface area is 128 Å². The molecule has 0 nitrogen and oxygen atoms in total. The van der Waals surface area contributed by atoms with E-state index < -0.39 is 0 Å². The third kappa shape index (κ3) is 3.11. The largest absolute Gasteiger partial charge is 0.207 e. The van der Waals surface area contributed by atoms with Gasteiger partial charge in [-0.15, -0.1) is 11.6 Å². The molecule has 0 bridgehead atoms. The van der Waals surface area contributed by atoms with Crippen molar-refractivity contribution < 1.29 is 8.78 Å². The van der Waals surface area contributed by atoms with Crippen LogP contribution in [0.15, 0.2) is 42.5 Å². The number of hydrogen-bond acceptors (Lipinski definition) is 0. The summed E-state index contributed by atoms with van der Waals surface area (Å²) in [7, 11) is 0. The number of rotatable bonds is 2. The predicted molar refractivity (Wildman–Crippen MR) is 82.6 cm³/mol. The summed E-state index contributed by atoms with van der Waals surface area (Å²) < 4.78 is 28.2. The monoisotopic (exact) mass is 306 g/mol. The Bertz CT molecular complexity index is 631. The summed E-state index contributed by atoms with van der Waals surface area (Å²) in [6.07, 6.45) is 3.70. The van der Waals surface area contributed by atoms with Gasteiger partial charge in [0, 0.05) is 10.9 Å². The molecule has 1 aliphatic rings. The molecule has 110 valence electrons. The molecule has 3 rings (SSSR count). The summed E-state index contributed by atoms with van der Waals surface area (Å²) in [6, 6.07) is 11.5. The van der Waals surface area contributed by atoms with Crippen LogP contribution in [-0.2, 0) is 0 Å². The van der Waals surface area contributed by atoms with Crippen LogP contribution < -0.4 is 0 Å². The number of hydrogen-bond donors (Lipinski definition) is 0. The molecular formula is C18H17ClF2. The first-order valence-corrected chi connectivity index (χ1v) is 7.77. The fraction of sp³-hybridized carbons (Fsp3) is 0.333. The van der Waals surface area contributed by atoms with Gasteiger partial charge < -0.3 is 0 Å². The van der Waals surface area contributed by atoms with Crippen molar-refractivity contribution in [3.8, 4) is 11.1 Å².